The molecule has 0 aromatic heterocycles. The van der Waals surface area contributed by atoms with Crippen molar-refractivity contribution in [2.45, 2.75) is 39.7 Å². The zero-order chi connectivity index (χ0) is 12.6. The molecule has 17 heavy (non-hydrogen) atoms. The maximum absolute atomic E-state index is 11.4. The highest BCUT2D eigenvalue weighted by Crippen LogP contribution is 2.58. The molecule has 4 atom stereocenters. The minimum absolute atomic E-state index is 0.0823. The highest BCUT2D eigenvalue weighted by molar-refractivity contribution is 5.81. The van der Waals surface area contributed by atoms with Crippen molar-refractivity contribution >= 4 is 5.78 Å². The molecule has 96 valence electrons. The van der Waals surface area contributed by atoms with Crippen molar-refractivity contribution < 1.29 is 14.3 Å². The van der Waals surface area contributed by atoms with E-state index in [1.807, 2.05) is 0 Å². The topological polar surface area (TPSA) is 35.5 Å². The molecular formula is C14H22O3. The van der Waals surface area contributed by atoms with E-state index < -0.39 is 0 Å². The lowest BCUT2D eigenvalue weighted by Crippen LogP contribution is -2.35. The summed E-state index contributed by atoms with van der Waals surface area (Å²) in [6, 6.07) is 0. The molecule has 0 amide bonds. The van der Waals surface area contributed by atoms with Crippen LogP contribution in [0.3, 0.4) is 0 Å². The predicted octanol–water partition coefficient (Wildman–Crippen LogP) is 2.56. The van der Waals surface area contributed by atoms with Gasteiger partial charge in [-0.05, 0) is 38.2 Å². The number of allylic oxidation sites excluding steroid dienone is 1. The van der Waals surface area contributed by atoms with Crippen molar-refractivity contribution in [2.75, 3.05) is 13.9 Å². The quantitative estimate of drug-likeness (QED) is 0.545. The summed E-state index contributed by atoms with van der Waals surface area (Å²) < 4.78 is 10.8. The van der Waals surface area contributed by atoms with Crippen molar-refractivity contribution in [1.29, 1.82) is 0 Å². The Bertz CT molecular complexity index is 347. The third kappa shape index (κ3) is 2.18. The summed E-state index contributed by atoms with van der Waals surface area (Å²) in [6.45, 7) is 6.38. The average molecular weight is 238 g/mol. The molecule has 3 nitrogen and oxygen atoms in total. The van der Waals surface area contributed by atoms with E-state index in [1.54, 1.807) is 14.0 Å². The van der Waals surface area contributed by atoms with Crippen LogP contribution in [0, 0.1) is 17.3 Å². The van der Waals surface area contributed by atoms with E-state index in [1.165, 1.54) is 5.57 Å². The lowest BCUT2D eigenvalue weighted by atomic mass is 9.78. The average Bonchev–Trinajstić information content (AvgIpc) is 3.02. The molecule has 0 spiro atoms. The Morgan fingerprint density at radius 1 is 1.59 bits per heavy atom. The van der Waals surface area contributed by atoms with Gasteiger partial charge in [-0.25, -0.2) is 0 Å². The zero-order valence-electron chi connectivity index (χ0n) is 11.2. The number of hydrogen-bond acceptors (Lipinski definition) is 3. The maximum atomic E-state index is 11.4. The van der Waals surface area contributed by atoms with Gasteiger partial charge >= 0.3 is 0 Å². The van der Waals surface area contributed by atoms with E-state index >= 15 is 0 Å². The second-order valence-electron chi connectivity index (χ2n) is 5.67. The molecule has 2 aliphatic carbocycles. The van der Waals surface area contributed by atoms with Crippen molar-refractivity contribution in [2.24, 2.45) is 17.3 Å². The van der Waals surface area contributed by atoms with Crippen LogP contribution in [0.15, 0.2) is 11.6 Å². The van der Waals surface area contributed by atoms with Gasteiger partial charge in [0.1, 0.15) is 12.6 Å². The molecule has 0 saturated heterocycles. The van der Waals surface area contributed by atoms with Gasteiger partial charge in [-0.2, -0.15) is 0 Å². The van der Waals surface area contributed by atoms with Crippen LogP contribution in [0.1, 0.15) is 33.6 Å². The molecule has 0 aromatic carbocycles. The van der Waals surface area contributed by atoms with Crippen LogP contribution in [-0.2, 0) is 14.3 Å². The summed E-state index contributed by atoms with van der Waals surface area (Å²) in [6.07, 6.45) is 4.40. The Kier molecular flexibility index (Phi) is 3.41. The summed E-state index contributed by atoms with van der Waals surface area (Å²) in [5, 5.41) is 0. The molecule has 2 aliphatic rings. The first-order valence-electron chi connectivity index (χ1n) is 6.28. The molecule has 1 saturated carbocycles. The van der Waals surface area contributed by atoms with Crippen molar-refractivity contribution in [3.8, 4) is 0 Å². The molecule has 0 aliphatic heterocycles. The van der Waals surface area contributed by atoms with Gasteiger partial charge in [0, 0.05) is 18.4 Å². The predicted molar refractivity (Wildman–Crippen MR) is 65.5 cm³/mol. The summed E-state index contributed by atoms with van der Waals surface area (Å²) in [5.74, 6) is 1.06. The minimum Gasteiger partial charge on any atom is -0.359 e. The lowest BCUT2D eigenvalue weighted by Gasteiger charge is -2.33. The third-order valence-electron chi connectivity index (χ3n) is 4.39. The number of carbonyl (C=O) groups is 1. The normalized spacial score (nSPS) is 40.2. The van der Waals surface area contributed by atoms with Gasteiger partial charge in [0.2, 0.25) is 0 Å². The first kappa shape index (κ1) is 12.8. The first-order valence-corrected chi connectivity index (χ1v) is 6.28. The second kappa shape index (κ2) is 4.54. The summed E-state index contributed by atoms with van der Waals surface area (Å²) >= 11 is 0. The van der Waals surface area contributed by atoms with Crippen molar-refractivity contribution in [3.63, 3.8) is 0 Å². The molecule has 0 bridgehead atoms. The number of Topliss-reactive ketones (excluding diaryl/α,β-unsaturated/α-hetero) is 1. The summed E-state index contributed by atoms with van der Waals surface area (Å²) in [4.78, 5) is 11.4. The van der Waals surface area contributed by atoms with Crippen LogP contribution in [0.5, 0.6) is 0 Å². The molecule has 0 radical (unpaired) electrons. The smallest absolute Gasteiger partial charge is 0.147 e. The number of hydrogen-bond donors (Lipinski definition) is 0. The second-order valence-corrected chi connectivity index (χ2v) is 5.67. The van der Waals surface area contributed by atoms with Gasteiger partial charge in [0.05, 0.1) is 6.10 Å². The summed E-state index contributed by atoms with van der Waals surface area (Å²) in [5.41, 5.74) is 1.36. The van der Waals surface area contributed by atoms with E-state index in [-0.39, 0.29) is 17.4 Å². The Labute approximate surface area is 103 Å². The monoisotopic (exact) mass is 238 g/mol. The van der Waals surface area contributed by atoms with Crippen molar-refractivity contribution in [1.82, 2.24) is 0 Å². The Morgan fingerprint density at radius 2 is 2.29 bits per heavy atom. The van der Waals surface area contributed by atoms with Crippen LogP contribution in [0.4, 0.5) is 0 Å². The molecule has 2 rings (SSSR count). The van der Waals surface area contributed by atoms with E-state index in [0.29, 0.717) is 18.5 Å². The lowest BCUT2D eigenvalue weighted by molar-refractivity contribution is -0.120. The largest absolute Gasteiger partial charge is 0.359 e. The van der Waals surface area contributed by atoms with E-state index in [9.17, 15) is 4.79 Å². The first-order chi connectivity index (χ1) is 8.00. The molecule has 3 heteroatoms. The van der Waals surface area contributed by atoms with E-state index in [0.717, 1.165) is 12.8 Å². The Balaban J connectivity index is 2.07. The number of ketones is 1. The Morgan fingerprint density at radius 3 is 2.82 bits per heavy atom. The van der Waals surface area contributed by atoms with Crippen LogP contribution in [0.2, 0.25) is 0 Å². The SMILES string of the molecule is COCO[C@H]1C(C)=CC[C@]1(C)[C@@H]1C[C@@H]1C(C)=O. The third-order valence-corrected chi connectivity index (χ3v) is 4.39. The highest BCUT2D eigenvalue weighted by Gasteiger charge is 2.57. The number of carbonyl (C=O) groups excluding carboxylic acids is 1. The molecule has 0 aromatic rings. The minimum atomic E-state index is 0.0823. The van der Waals surface area contributed by atoms with Gasteiger partial charge in [-0.15, -0.1) is 0 Å². The van der Waals surface area contributed by atoms with Crippen LogP contribution >= 0.6 is 0 Å². The van der Waals surface area contributed by atoms with Crippen LogP contribution in [-0.4, -0.2) is 25.8 Å². The standard InChI is InChI=1S/C14H22O3/c1-9-5-6-14(3,13(9)17-8-16-4)12-7-11(12)10(2)15/h5,11-13H,6-8H2,1-4H3/t11-,12-,13+,14-/m1/s1. The zero-order valence-corrected chi connectivity index (χ0v) is 11.2. The van der Waals surface area contributed by atoms with Gasteiger partial charge in [-0.3, -0.25) is 4.79 Å². The van der Waals surface area contributed by atoms with Gasteiger partial charge in [0.15, 0.2) is 0 Å². The Hall–Kier alpha value is -0.670. The fourth-order valence-corrected chi connectivity index (χ4v) is 3.29. The molecule has 0 unspecified atom stereocenters. The highest BCUT2D eigenvalue weighted by atomic mass is 16.7. The van der Waals surface area contributed by atoms with Crippen LogP contribution in [0.25, 0.3) is 0 Å². The van der Waals surface area contributed by atoms with Gasteiger partial charge in [-0.1, -0.05) is 13.0 Å². The molecular weight excluding hydrogens is 216 g/mol. The van der Waals surface area contributed by atoms with Gasteiger partial charge < -0.3 is 9.47 Å². The molecule has 1 fully saturated rings. The fraction of sp³-hybridized carbons (Fsp3) is 0.786. The molecule has 0 N–H and O–H groups in total. The van der Waals surface area contributed by atoms with Crippen LogP contribution < -0.4 is 0 Å². The number of rotatable bonds is 5. The van der Waals surface area contributed by atoms with Gasteiger partial charge in [0.25, 0.3) is 0 Å². The number of methoxy groups -OCH3 is 1. The summed E-state index contributed by atoms with van der Waals surface area (Å²) in [7, 11) is 1.64. The fourth-order valence-electron chi connectivity index (χ4n) is 3.29. The van der Waals surface area contributed by atoms with E-state index in [2.05, 4.69) is 19.9 Å². The van der Waals surface area contributed by atoms with Crippen molar-refractivity contribution in [3.05, 3.63) is 11.6 Å². The number of ether oxygens (including phenoxy) is 2. The maximum Gasteiger partial charge on any atom is 0.147 e. The molecule has 0 heterocycles. The van der Waals surface area contributed by atoms with E-state index in [4.69, 9.17) is 9.47 Å².